The maximum Gasteiger partial charge on any atom is 0.341 e. The molecule has 0 aliphatic rings. The normalized spacial score (nSPS) is 11.2. The van der Waals surface area contributed by atoms with Crippen molar-refractivity contribution in [2.24, 2.45) is 0 Å². The molecule has 0 saturated heterocycles. The standard InChI is InChI=1S/C15H2F8N4O4S2/c16-3-1(13(28)29)4(17)8(21)11(7(3)20)27-15(24-25-26-27)33-32-12-9(22)5(18)2(14(30)31)6(19)10(12)23/h(H,28,29)(H,30,31). The summed E-state index contributed by atoms with van der Waals surface area (Å²) in [5, 5.41) is 25.7. The Kier molecular flexibility index (Phi) is 6.50. The van der Waals surface area contributed by atoms with Gasteiger partial charge in [-0.3, -0.25) is 0 Å². The lowest BCUT2D eigenvalue weighted by Crippen LogP contribution is -2.15. The molecule has 0 amide bonds. The molecular weight excluding hydrogens is 516 g/mol. The van der Waals surface area contributed by atoms with Crippen molar-refractivity contribution in [2.75, 3.05) is 0 Å². The first-order valence-electron chi connectivity index (χ1n) is 7.71. The Morgan fingerprint density at radius 3 is 1.52 bits per heavy atom. The average Bonchev–Trinajstić information content (AvgIpc) is 3.19. The highest BCUT2D eigenvalue weighted by atomic mass is 33.1. The van der Waals surface area contributed by atoms with Crippen molar-refractivity contribution in [3.63, 3.8) is 0 Å². The lowest BCUT2D eigenvalue weighted by Gasteiger charge is -2.11. The van der Waals surface area contributed by atoms with Gasteiger partial charge in [0.15, 0.2) is 46.5 Å². The Bertz CT molecular complexity index is 1280. The molecule has 0 saturated carbocycles. The van der Waals surface area contributed by atoms with E-state index in [0.29, 0.717) is 0 Å². The molecule has 18 heteroatoms. The first-order chi connectivity index (χ1) is 15.4. The van der Waals surface area contributed by atoms with E-state index in [4.69, 9.17) is 10.2 Å². The summed E-state index contributed by atoms with van der Waals surface area (Å²) in [4.78, 5) is 20.1. The largest absolute Gasteiger partial charge is 0.477 e. The van der Waals surface area contributed by atoms with Crippen LogP contribution in [0.3, 0.4) is 0 Å². The van der Waals surface area contributed by atoms with Gasteiger partial charge >= 0.3 is 11.9 Å². The number of carbonyl (C=O) groups is 2. The van der Waals surface area contributed by atoms with Gasteiger partial charge < -0.3 is 10.2 Å². The summed E-state index contributed by atoms with van der Waals surface area (Å²) >= 11 is 0. The lowest BCUT2D eigenvalue weighted by atomic mass is 10.1. The van der Waals surface area contributed by atoms with E-state index >= 15 is 0 Å². The van der Waals surface area contributed by atoms with Gasteiger partial charge in [-0.1, -0.05) is 0 Å². The van der Waals surface area contributed by atoms with Crippen LogP contribution in [0.5, 0.6) is 0 Å². The number of benzene rings is 2. The Morgan fingerprint density at radius 1 is 0.667 bits per heavy atom. The average molecular weight is 518 g/mol. The SMILES string of the molecule is O=C(O)c1c(F)c(F)c(SSc2nnnn2-c2c(F)c(F)c(C(=O)O)c(F)c2F)c(F)c1F. The summed E-state index contributed by atoms with van der Waals surface area (Å²) in [6.45, 7) is 0. The van der Waals surface area contributed by atoms with Gasteiger partial charge in [0.2, 0.25) is 5.16 Å². The topological polar surface area (TPSA) is 118 Å². The molecule has 2 aromatic carbocycles. The minimum Gasteiger partial charge on any atom is -0.477 e. The van der Waals surface area contributed by atoms with Gasteiger partial charge in [0, 0.05) is 0 Å². The molecule has 0 fully saturated rings. The summed E-state index contributed by atoms with van der Waals surface area (Å²) < 4.78 is 112. The summed E-state index contributed by atoms with van der Waals surface area (Å²) in [5.41, 5.74) is -5.53. The van der Waals surface area contributed by atoms with Crippen molar-refractivity contribution in [2.45, 2.75) is 10.1 Å². The predicted octanol–water partition coefficient (Wildman–Crippen LogP) is 3.97. The lowest BCUT2D eigenvalue weighted by molar-refractivity contribution is 0.0672. The van der Waals surface area contributed by atoms with Crippen LogP contribution in [0.25, 0.3) is 5.69 Å². The third kappa shape index (κ3) is 3.94. The highest BCUT2D eigenvalue weighted by Gasteiger charge is 2.33. The van der Waals surface area contributed by atoms with Gasteiger partial charge in [-0.2, -0.15) is 4.68 Å². The fourth-order valence-corrected chi connectivity index (χ4v) is 4.29. The number of aromatic nitrogens is 4. The van der Waals surface area contributed by atoms with Crippen molar-refractivity contribution in [3.8, 4) is 5.69 Å². The van der Waals surface area contributed by atoms with Gasteiger partial charge in [-0.05, 0) is 32.0 Å². The second-order valence-electron chi connectivity index (χ2n) is 5.59. The second kappa shape index (κ2) is 8.85. The number of hydrogen-bond donors (Lipinski definition) is 2. The first kappa shape index (κ1) is 24.2. The van der Waals surface area contributed by atoms with Gasteiger partial charge in [0.1, 0.15) is 16.8 Å². The third-order valence-electron chi connectivity index (χ3n) is 3.74. The number of aromatic carboxylic acids is 2. The quantitative estimate of drug-likeness (QED) is 0.284. The van der Waals surface area contributed by atoms with Crippen LogP contribution in [0.4, 0.5) is 35.1 Å². The molecule has 8 nitrogen and oxygen atoms in total. The summed E-state index contributed by atoms with van der Waals surface area (Å²) in [7, 11) is -0.190. The summed E-state index contributed by atoms with van der Waals surface area (Å²) in [5.74, 6) is -22.6. The van der Waals surface area contributed by atoms with E-state index in [9.17, 15) is 44.7 Å². The van der Waals surface area contributed by atoms with Crippen LogP contribution in [0.2, 0.25) is 0 Å². The molecule has 0 aliphatic carbocycles. The molecule has 1 heterocycles. The minimum absolute atomic E-state index is 0.0105. The molecule has 0 bridgehead atoms. The highest BCUT2D eigenvalue weighted by Crippen LogP contribution is 2.42. The van der Waals surface area contributed by atoms with Crippen molar-refractivity contribution < 1.29 is 54.9 Å². The smallest absolute Gasteiger partial charge is 0.341 e. The molecule has 3 aromatic rings. The molecular formula is C15H2F8N4O4S2. The first-order valence-corrected chi connectivity index (χ1v) is 9.86. The van der Waals surface area contributed by atoms with E-state index in [0.717, 1.165) is 0 Å². The van der Waals surface area contributed by atoms with Crippen molar-refractivity contribution in [3.05, 3.63) is 57.7 Å². The molecule has 0 atom stereocenters. The number of carboxylic acid groups (broad SMARTS) is 2. The van der Waals surface area contributed by atoms with Gasteiger partial charge in [0.25, 0.3) is 0 Å². The Labute approximate surface area is 182 Å². The van der Waals surface area contributed by atoms with Crippen molar-refractivity contribution in [1.29, 1.82) is 0 Å². The van der Waals surface area contributed by atoms with E-state index in [-0.39, 0.29) is 26.3 Å². The molecule has 0 unspecified atom stereocenters. The number of rotatable bonds is 6. The number of nitrogens with zero attached hydrogens (tertiary/aromatic N) is 4. The summed E-state index contributed by atoms with van der Waals surface area (Å²) in [6, 6.07) is 0. The number of carboxylic acids is 2. The number of halogens is 8. The molecule has 0 radical (unpaired) electrons. The third-order valence-corrected chi connectivity index (χ3v) is 5.95. The van der Waals surface area contributed by atoms with Gasteiger partial charge in [0.05, 0.1) is 4.90 Å². The van der Waals surface area contributed by atoms with Gasteiger partial charge in [-0.25, -0.2) is 44.7 Å². The van der Waals surface area contributed by atoms with E-state index in [1.165, 1.54) is 0 Å². The van der Waals surface area contributed by atoms with Gasteiger partial charge in [-0.15, -0.1) is 5.10 Å². The van der Waals surface area contributed by atoms with E-state index in [1.807, 2.05) is 0 Å². The van der Waals surface area contributed by atoms with Crippen LogP contribution in [-0.4, -0.2) is 42.4 Å². The highest BCUT2D eigenvalue weighted by molar-refractivity contribution is 8.76. The molecule has 2 N–H and O–H groups in total. The van der Waals surface area contributed by atoms with Crippen LogP contribution in [0.1, 0.15) is 20.7 Å². The number of tetrazole rings is 1. The summed E-state index contributed by atoms with van der Waals surface area (Å²) in [6.07, 6.45) is 0. The minimum atomic E-state index is -2.34. The van der Waals surface area contributed by atoms with Crippen LogP contribution in [-0.2, 0) is 0 Å². The zero-order chi connectivity index (χ0) is 24.8. The van der Waals surface area contributed by atoms with E-state index < -0.39 is 85.3 Å². The van der Waals surface area contributed by atoms with Crippen molar-refractivity contribution in [1.82, 2.24) is 20.2 Å². The Morgan fingerprint density at radius 2 is 1.09 bits per heavy atom. The predicted molar refractivity (Wildman–Crippen MR) is 90.9 cm³/mol. The van der Waals surface area contributed by atoms with Crippen LogP contribution >= 0.6 is 21.6 Å². The molecule has 174 valence electrons. The maximum absolute atomic E-state index is 14.3. The molecule has 33 heavy (non-hydrogen) atoms. The molecule has 0 spiro atoms. The maximum atomic E-state index is 14.3. The molecule has 0 aliphatic heterocycles. The van der Waals surface area contributed by atoms with Crippen LogP contribution in [0, 0.1) is 46.5 Å². The fourth-order valence-electron chi connectivity index (χ4n) is 2.32. The molecule has 1 aromatic heterocycles. The Hall–Kier alpha value is -3.41. The Balaban J connectivity index is 2.06. The van der Waals surface area contributed by atoms with E-state index in [2.05, 4.69) is 15.5 Å². The zero-order valence-electron chi connectivity index (χ0n) is 14.8. The monoisotopic (exact) mass is 518 g/mol. The zero-order valence-corrected chi connectivity index (χ0v) is 16.5. The fraction of sp³-hybridized carbons (Fsp3) is 0. The van der Waals surface area contributed by atoms with E-state index in [1.54, 1.807) is 0 Å². The second-order valence-corrected chi connectivity index (χ2v) is 7.70. The van der Waals surface area contributed by atoms with Crippen LogP contribution < -0.4 is 0 Å². The molecule has 3 rings (SSSR count). The number of hydrogen-bond acceptors (Lipinski definition) is 7. The van der Waals surface area contributed by atoms with Crippen LogP contribution in [0.15, 0.2) is 10.1 Å². The van der Waals surface area contributed by atoms with Crippen molar-refractivity contribution >= 4 is 33.5 Å².